The molecule has 1 aliphatic heterocycles. The molecule has 3 rings (SSSR count). The normalized spacial score (nSPS) is 15.6. The lowest BCUT2D eigenvalue weighted by Crippen LogP contribution is -2.46. The van der Waals surface area contributed by atoms with Gasteiger partial charge in [-0.05, 0) is 55.7 Å². The fraction of sp³-hybridized carbons (Fsp3) is 0.261. The minimum absolute atomic E-state index is 0.155. The van der Waals surface area contributed by atoms with E-state index in [0.29, 0.717) is 36.3 Å². The summed E-state index contributed by atoms with van der Waals surface area (Å²) >= 11 is 0. The highest BCUT2D eigenvalue weighted by atomic mass is 16.2. The summed E-state index contributed by atoms with van der Waals surface area (Å²) in [4.78, 5) is 39.2. The molecule has 2 aromatic rings. The Hall–Kier alpha value is -3.41. The van der Waals surface area contributed by atoms with Gasteiger partial charge in [-0.1, -0.05) is 24.3 Å². The van der Waals surface area contributed by atoms with E-state index in [-0.39, 0.29) is 17.7 Å². The van der Waals surface area contributed by atoms with Crippen LogP contribution < -0.4 is 10.6 Å². The molecule has 0 aromatic heterocycles. The molecule has 6 nitrogen and oxygen atoms in total. The van der Waals surface area contributed by atoms with Crippen LogP contribution in [0.1, 0.15) is 39.1 Å². The third-order valence-electron chi connectivity index (χ3n) is 5.02. The Morgan fingerprint density at radius 1 is 1.14 bits per heavy atom. The lowest BCUT2D eigenvalue weighted by atomic mass is 10.1. The van der Waals surface area contributed by atoms with Gasteiger partial charge in [0.05, 0.1) is 0 Å². The number of likely N-dealkylation sites (tertiary alicyclic amines) is 1. The molecule has 1 saturated heterocycles. The topological polar surface area (TPSA) is 78.5 Å². The predicted molar refractivity (Wildman–Crippen MR) is 113 cm³/mol. The second-order valence-electron chi connectivity index (χ2n) is 7.04. The van der Waals surface area contributed by atoms with Crippen LogP contribution in [-0.2, 0) is 4.79 Å². The van der Waals surface area contributed by atoms with E-state index in [4.69, 9.17) is 0 Å². The van der Waals surface area contributed by atoms with Gasteiger partial charge in [0.2, 0.25) is 5.91 Å². The first-order chi connectivity index (χ1) is 14.0. The Balaban J connectivity index is 1.67. The molecular formula is C23H25N3O3. The number of rotatable bonds is 6. The van der Waals surface area contributed by atoms with Crippen molar-refractivity contribution in [3.05, 3.63) is 77.9 Å². The van der Waals surface area contributed by atoms with Gasteiger partial charge >= 0.3 is 0 Å². The van der Waals surface area contributed by atoms with Gasteiger partial charge in [0.15, 0.2) is 0 Å². The highest BCUT2D eigenvalue weighted by molar-refractivity contribution is 6.05. The van der Waals surface area contributed by atoms with Gasteiger partial charge in [0.25, 0.3) is 11.8 Å². The molecule has 0 bridgehead atoms. The van der Waals surface area contributed by atoms with Gasteiger partial charge in [-0.25, -0.2) is 0 Å². The maximum absolute atomic E-state index is 12.9. The summed E-state index contributed by atoms with van der Waals surface area (Å²) in [7, 11) is 0. The molecule has 3 amide bonds. The summed E-state index contributed by atoms with van der Waals surface area (Å²) in [6, 6.07) is 13.7. The molecule has 2 N–H and O–H groups in total. The van der Waals surface area contributed by atoms with Crippen molar-refractivity contribution >= 4 is 23.4 Å². The molecule has 150 valence electrons. The Labute approximate surface area is 170 Å². The first kappa shape index (κ1) is 20.3. The number of amides is 3. The van der Waals surface area contributed by atoms with Crippen LogP contribution in [0.5, 0.6) is 0 Å². The van der Waals surface area contributed by atoms with E-state index in [1.54, 1.807) is 41.3 Å². The van der Waals surface area contributed by atoms with E-state index in [1.807, 2.05) is 25.1 Å². The van der Waals surface area contributed by atoms with Crippen molar-refractivity contribution in [3.8, 4) is 0 Å². The van der Waals surface area contributed by atoms with Crippen molar-refractivity contribution < 1.29 is 14.4 Å². The van der Waals surface area contributed by atoms with Crippen LogP contribution in [0.15, 0.2) is 61.2 Å². The van der Waals surface area contributed by atoms with E-state index >= 15 is 0 Å². The Kier molecular flexibility index (Phi) is 6.44. The third kappa shape index (κ3) is 4.71. The fourth-order valence-electron chi connectivity index (χ4n) is 3.46. The summed E-state index contributed by atoms with van der Waals surface area (Å²) in [5.74, 6) is -0.531. The van der Waals surface area contributed by atoms with Crippen LogP contribution in [0.25, 0.3) is 0 Å². The molecule has 1 heterocycles. The van der Waals surface area contributed by atoms with E-state index in [9.17, 15) is 14.4 Å². The molecule has 1 aliphatic rings. The average Bonchev–Trinajstić information content (AvgIpc) is 3.22. The molecule has 2 aromatic carbocycles. The van der Waals surface area contributed by atoms with E-state index < -0.39 is 6.04 Å². The molecule has 1 atom stereocenters. The third-order valence-corrected chi connectivity index (χ3v) is 5.02. The van der Waals surface area contributed by atoms with Crippen LogP contribution in [0.3, 0.4) is 0 Å². The summed E-state index contributed by atoms with van der Waals surface area (Å²) in [5.41, 5.74) is 2.60. The van der Waals surface area contributed by atoms with E-state index in [0.717, 1.165) is 12.0 Å². The molecule has 0 saturated carbocycles. The standard InChI is InChI=1S/C23H25N3O3/c1-3-14-24-22(28)20-9-6-15-26(20)23(29)17-10-12-18(13-11-17)25-21(27)19-8-5-4-7-16(19)2/h3-5,7-8,10-13,20H,1,6,9,14-15H2,2H3,(H,24,28)(H,25,27). The minimum atomic E-state index is -0.456. The number of anilines is 1. The zero-order valence-electron chi connectivity index (χ0n) is 16.5. The van der Waals surface area contributed by atoms with E-state index in [2.05, 4.69) is 17.2 Å². The molecule has 1 fully saturated rings. The van der Waals surface area contributed by atoms with Crippen LogP contribution in [-0.4, -0.2) is 41.8 Å². The highest BCUT2D eigenvalue weighted by Gasteiger charge is 2.34. The molecule has 29 heavy (non-hydrogen) atoms. The van der Waals surface area contributed by atoms with Crippen LogP contribution in [0, 0.1) is 6.92 Å². The van der Waals surface area contributed by atoms with Gasteiger partial charge in [0, 0.05) is 29.9 Å². The molecule has 0 radical (unpaired) electrons. The first-order valence-electron chi connectivity index (χ1n) is 9.68. The molecule has 6 heteroatoms. The fourth-order valence-corrected chi connectivity index (χ4v) is 3.46. The number of aryl methyl sites for hydroxylation is 1. The minimum Gasteiger partial charge on any atom is -0.351 e. The number of nitrogens with zero attached hydrogens (tertiary/aromatic N) is 1. The maximum atomic E-state index is 12.9. The summed E-state index contributed by atoms with van der Waals surface area (Å²) in [5, 5.41) is 5.61. The number of nitrogens with one attached hydrogen (secondary N) is 2. The van der Waals surface area contributed by atoms with Crippen molar-refractivity contribution in [1.82, 2.24) is 10.2 Å². The Bertz CT molecular complexity index is 921. The molecule has 1 unspecified atom stereocenters. The van der Waals surface area contributed by atoms with Crippen molar-refractivity contribution in [2.75, 3.05) is 18.4 Å². The number of benzene rings is 2. The second kappa shape index (κ2) is 9.19. The summed E-state index contributed by atoms with van der Waals surface area (Å²) in [6.07, 6.45) is 3.06. The van der Waals surface area contributed by atoms with Gasteiger partial charge in [-0.15, -0.1) is 6.58 Å². The maximum Gasteiger partial charge on any atom is 0.255 e. The molecule has 0 spiro atoms. The Morgan fingerprint density at radius 2 is 1.86 bits per heavy atom. The van der Waals surface area contributed by atoms with Crippen LogP contribution >= 0.6 is 0 Å². The second-order valence-corrected chi connectivity index (χ2v) is 7.04. The zero-order chi connectivity index (χ0) is 20.8. The van der Waals surface area contributed by atoms with Crippen molar-refractivity contribution in [3.63, 3.8) is 0 Å². The van der Waals surface area contributed by atoms with Crippen molar-refractivity contribution in [1.29, 1.82) is 0 Å². The lowest BCUT2D eigenvalue weighted by Gasteiger charge is -2.24. The largest absolute Gasteiger partial charge is 0.351 e. The zero-order valence-corrected chi connectivity index (χ0v) is 16.5. The number of carbonyl (C=O) groups excluding carboxylic acids is 3. The van der Waals surface area contributed by atoms with Crippen molar-refractivity contribution in [2.24, 2.45) is 0 Å². The predicted octanol–water partition coefficient (Wildman–Crippen LogP) is 3.15. The SMILES string of the molecule is C=CCNC(=O)C1CCCN1C(=O)c1ccc(NC(=O)c2ccccc2C)cc1. The smallest absolute Gasteiger partial charge is 0.255 e. The number of carbonyl (C=O) groups is 3. The van der Waals surface area contributed by atoms with Gasteiger partial charge < -0.3 is 15.5 Å². The van der Waals surface area contributed by atoms with E-state index in [1.165, 1.54) is 0 Å². The Morgan fingerprint density at radius 3 is 2.55 bits per heavy atom. The summed E-state index contributed by atoms with van der Waals surface area (Å²) < 4.78 is 0. The van der Waals surface area contributed by atoms with Gasteiger partial charge in [0.1, 0.15) is 6.04 Å². The molecule has 0 aliphatic carbocycles. The average molecular weight is 391 g/mol. The lowest BCUT2D eigenvalue weighted by molar-refractivity contribution is -0.124. The molecular weight excluding hydrogens is 366 g/mol. The van der Waals surface area contributed by atoms with Gasteiger partial charge in [-0.3, -0.25) is 14.4 Å². The quantitative estimate of drug-likeness (QED) is 0.743. The summed E-state index contributed by atoms with van der Waals surface area (Å²) in [6.45, 7) is 6.41. The monoisotopic (exact) mass is 391 g/mol. The van der Waals surface area contributed by atoms with Crippen molar-refractivity contribution in [2.45, 2.75) is 25.8 Å². The first-order valence-corrected chi connectivity index (χ1v) is 9.68. The number of hydrogen-bond donors (Lipinski definition) is 2. The van der Waals surface area contributed by atoms with Gasteiger partial charge in [-0.2, -0.15) is 0 Å². The highest BCUT2D eigenvalue weighted by Crippen LogP contribution is 2.21. The van der Waals surface area contributed by atoms with Crippen LogP contribution in [0.2, 0.25) is 0 Å². The number of hydrogen-bond acceptors (Lipinski definition) is 3. The van der Waals surface area contributed by atoms with Crippen LogP contribution in [0.4, 0.5) is 5.69 Å².